The van der Waals surface area contributed by atoms with Crippen LogP contribution in [0.1, 0.15) is 11.1 Å². The summed E-state index contributed by atoms with van der Waals surface area (Å²) in [7, 11) is 0. The van der Waals surface area contributed by atoms with Gasteiger partial charge in [0.1, 0.15) is 11.6 Å². The van der Waals surface area contributed by atoms with Gasteiger partial charge in [0.05, 0.1) is 12.2 Å². The molecule has 0 atom stereocenters. The molecule has 0 bridgehead atoms. The quantitative estimate of drug-likeness (QED) is 0.796. The first-order valence-electron chi connectivity index (χ1n) is 6.76. The molecule has 0 spiro atoms. The molecule has 1 heterocycles. The summed E-state index contributed by atoms with van der Waals surface area (Å²) in [5.41, 5.74) is 9.87. The van der Waals surface area contributed by atoms with Crippen LogP contribution in [0.3, 0.4) is 0 Å². The van der Waals surface area contributed by atoms with Gasteiger partial charge in [0.2, 0.25) is 0 Å². The van der Waals surface area contributed by atoms with Gasteiger partial charge in [-0.15, -0.1) is 0 Å². The Morgan fingerprint density at radius 2 is 1.90 bits per heavy atom. The van der Waals surface area contributed by atoms with E-state index in [2.05, 4.69) is 11.2 Å². The van der Waals surface area contributed by atoms with Crippen LogP contribution in [-0.4, -0.2) is 9.78 Å². The third kappa shape index (κ3) is 2.94. The van der Waals surface area contributed by atoms with Crippen molar-refractivity contribution in [2.24, 2.45) is 0 Å². The molecule has 3 nitrogen and oxygen atoms in total. The molecule has 0 fully saturated rings. The van der Waals surface area contributed by atoms with E-state index in [1.54, 1.807) is 10.7 Å². The van der Waals surface area contributed by atoms with Crippen molar-refractivity contribution in [1.82, 2.24) is 9.78 Å². The second kappa shape index (κ2) is 5.40. The number of anilines is 1. The topological polar surface area (TPSA) is 43.8 Å². The van der Waals surface area contributed by atoms with E-state index in [0.717, 1.165) is 16.8 Å². The van der Waals surface area contributed by atoms with Crippen molar-refractivity contribution in [1.29, 1.82) is 0 Å². The highest BCUT2D eigenvalue weighted by Gasteiger charge is 2.08. The van der Waals surface area contributed by atoms with Gasteiger partial charge < -0.3 is 5.73 Å². The molecule has 0 unspecified atom stereocenters. The van der Waals surface area contributed by atoms with Crippen LogP contribution in [0.5, 0.6) is 0 Å². The van der Waals surface area contributed by atoms with E-state index in [1.165, 1.54) is 17.7 Å². The molecule has 106 valence electrons. The van der Waals surface area contributed by atoms with Gasteiger partial charge in [-0.3, -0.25) is 0 Å². The van der Waals surface area contributed by atoms with E-state index in [0.29, 0.717) is 12.4 Å². The minimum absolute atomic E-state index is 0.253. The number of hydrogen-bond donors (Lipinski definition) is 1. The number of aromatic nitrogens is 2. The highest BCUT2D eigenvalue weighted by Crippen LogP contribution is 2.22. The normalized spacial score (nSPS) is 10.8. The Bertz CT molecular complexity index is 777. The lowest BCUT2D eigenvalue weighted by molar-refractivity contribution is 0.620. The van der Waals surface area contributed by atoms with Crippen molar-refractivity contribution in [2.75, 3.05) is 5.73 Å². The maximum atomic E-state index is 13.2. The summed E-state index contributed by atoms with van der Waals surface area (Å²) in [6, 6.07) is 16.4. The number of nitrogens with two attached hydrogens (primary N) is 1. The molecule has 0 radical (unpaired) electrons. The summed E-state index contributed by atoms with van der Waals surface area (Å²) in [6.45, 7) is 2.49. The Labute approximate surface area is 122 Å². The molecule has 0 saturated carbocycles. The number of rotatable bonds is 3. The zero-order valence-corrected chi connectivity index (χ0v) is 11.8. The van der Waals surface area contributed by atoms with Gasteiger partial charge in [0.15, 0.2) is 0 Å². The number of halogens is 1. The molecular weight excluding hydrogens is 265 g/mol. The Balaban J connectivity index is 1.91. The lowest BCUT2D eigenvalue weighted by Crippen LogP contribution is -2.05. The maximum Gasteiger partial charge on any atom is 0.123 e. The lowest BCUT2D eigenvalue weighted by Gasteiger charge is -2.04. The van der Waals surface area contributed by atoms with Gasteiger partial charge in [-0.2, -0.15) is 5.10 Å². The molecule has 0 amide bonds. The van der Waals surface area contributed by atoms with Crippen molar-refractivity contribution in [3.05, 3.63) is 71.5 Å². The van der Waals surface area contributed by atoms with Crippen molar-refractivity contribution < 1.29 is 4.39 Å². The van der Waals surface area contributed by atoms with Crippen LogP contribution in [0, 0.1) is 12.7 Å². The number of aryl methyl sites for hydroxylation is 1. The second-order valence-electron chi connectivity index (χ2n) is 5.11. The third-order valence-electron chi connectivity index (χ3n) is 3.35. The Kier molecular flexibility index (Phi) is 3.44. The average Bonchev–Trinajstić information content (AvgIpc) is 2.80. The van der Waals surface area contributed by atoms with E-state index >= 15 is 0 Å². The van der Waals surface area contributed by atoms with Gasteiger partial charge in [-0.05, 0) is 30.7 Å². The second-order valence-corrected chi connectivity index (χ2v) is 5.11. The Hall–Kier alpha value is -2.62. The number of benzene rings is 2. The fraction of sp³-hybridized carbons (Fsp3) is 0.118. The number of nitrogen functional groups attached to an aromatic ring is 1. The standard InChI is InChI=1S/C17H16FN3/c1-12-4-2-6-14(8-12)16-10-17(19)21(20-16)11-13-5-3-7-15(18)9-13/h2-10H,11,19H2,1H3. The molecule has 1 aromatic heterocycles. The summed E-state index contributed by atoms with van der Waals surface area (Å²) in [5.74, 6) is 0.313. The SMILES string of the molecule is Cc1cccc(-c2cc(N)n(Cc3cccc(F)c3)n2)c1. The summed E-state index contributed by atoms with van der Waals surface area (Å²) in [5, 5.41) is 4.52. The van der Waals surface area contributed by atoms with Gasteiger partial charge in [-0.25, -0.2) is 9.07 Å². The highest BCUT2D eigenvalue weighted by atomic mass is 19.1. The van der Waals surface area contributed by atoms with Crippen LogP contribution in [0.4, 0.5) is 10.2 Å². The van der Waals surface area contributed by atoms with E-state index < -0.39 is 0 Å². The molecular formula is C17H16FN3. The maximum absolute atomic E-state index is 13.2. The first-order valence-corrected chi connectivity index (χ1v) is 6.76. The Morgan fingerprint density at radius 1 is 1.10 bits per heavy atom. The molecule has 0 aliphatic heterocycles. The lowest BCUT2D eigenvalue weighted by atomic mass is 10.1. The van der Waals surface area contributed by atoms with Crippen LogP contribution in [0.15, 0.2) is 54.6 Å². The number of hydrogen-bond acceptors (Lipinski definition) is 2. The third-order valence-corrected chi connectivity index (χ3v) is 3.35. The summed E-state index contributed by atoms with van der Waals surface area (Å²) in [4.78, 5) is 0. The van der Waals surface area contributed by atoms with E-state index in [4.69, 9.17) is 5.73 Å². The zero-order valence-electron chi connectivity index (χ0n) is 11.8. The minimum Gasteiger partial charge on any atom is -0.384 e. The predicted molar refractivity (Wildman–Crippen MR) is 82.3 cm³/mol. The highest BCUT2D eigenvalue weighted by molar-refractivity contribution is 5.63. The summed E-state index contributed by atoms with van der Waals surface area (Å²) in [6.07, 6.45) is 0. The molecule has 2 N–H and O–H groups in total. The van der Waals surface area contributed by atoms with Crippen molar-refractivity contribution >= 4 is 5.82 Å². The summed E-state index contributed by atoms with van der Waals surface area (Å²) >= 11 is 0. The first-order chi connectivity index (χ1) is 10.1. The monoisotopic (exact) mass is 281 g/mol. The van der Waals surface area contributed by atoms with Gasteiger partial charge in [0.25, 0.3) is 0 Å². The van der Waals surface area contributed by atoms with Crippen LogP contribution >= 0.6 is 0 Å². The van der Waals surface area contributed by atoms with E-state index in [9.17, 15) is 4.39 Å². The van der Waals surface area contributed by atoms with Crippen molar-refractivity contribution in [2.45, 2.75) is 13.5 Å². The van der Waals surface area contributed by atoms with Crippen LogP contribution < -0.4 is 5.73 Å². The molecule has 3 rings (SSSR count). The number of nitrogens with zero attached hydrogens (tertiary/aromatic N) is 2. The van der Waals surface area contributed by atoms with Gasteiger partial charge in [0, 0.05) is 11.6 Å². The van der Waals surface area contributed by atoms with Gasteiger partial charge in [-0.1, -0.05) is 35.9 Å². The van der Waals surface area contributed by atoms with Gasteiger partial charge >= 0.3 is 0 Å². The Morgan fingerprint density at radius 3 is 2.67 bits per heavy atom. The average molecular weight is 281 g/mol. The first kappa shape index (κ1) is 13.4. The largest absolute Gasteiger partial charge is 0.384 e. The van der Waals surface area contributed by atoms with Crippen LogP contribution in [0.25, 0.3) is 11.3 Å². The smallest absolute Gasteiger partial charge is 0.123 e. The molecule has 4 heteroatoms. The molecule has 3 aromatic rings. The zero-order chi connectivity index (χ0) is 14.8. The molecule has 0 aliphatic carbocycles. The molecule has 0 saturated heterocycles. The fourth-order valence-corrected chi connectivity index (χ4v) is 2.31. The van der Waals surface area contributed by atoms with E-state index in [1.807, 2.05) is 37.3 Å². The molecule has 2 aromatic carbocycles. The molecule has 21 heavy (non-hydrogen) atoms. The minimum atomic E-state index is -0.253. The van der Waals surface area contributed by atoms with Crippen LogP contribution in [0.2, 0.25) is 0 Å². The van der Waals surface area contributed by atoms with E-state index in [-0.39, 0.29) is 5.82 Å². The van der Waals surface area contributed by atoms with Crippen molar-refractivity contribution in [3.8, 4) is 11.3 Å². The van der Waals surface area contributed by atoms with Crippen molar-refractivity contribution in [3.63, 3.8) is 0 Å². The summed E-state index contributed by atoms with van der Waals surface area (Å²) < 4.78 is 14.9. The van der Waals surface area contributed by atoms with Crippen LogP contribution in [-0.2, 0) is 6.54 Å². The fourth-order valence-electron chi connectivity index (χ4n) is 2.31. The predicted octanol–water partition coefficient (Wildman–Crippen LogP) is 3.63. The molecule has 0 aliphatic rings.